The van der Waals surface area contributed by atoms with Crippen LogP contribution in [-0.4, -0.2) is 128 Å². The number of primary amides is 6. The molecular weight excluding hydrogens is 1180 g/mol. The number of phosphoric acid groups is 1. The van der Waals surface area contributed by atoms with E-state index in [1.54, 1.807) is 10.9 Å². The van der Waals surface area contributed by atoms with E-state index in [-0.39, 0.29) is 77.2 Å². The van der Waals surface area contributed by atoms with E-state index in [4.69, 9.17) is 63.2 Å². The van der Waals surface area contributed by atoms with Gasteiger partial charge in [-0.1, -0.05) is 34.6 Å². The largest absolute Gasteiger partial charge is 0.472 e. The van der Waals surface area contributed by atoms with Gasteiger partial charge in [0.1, 0.15) is 18.3 Å². The fraction of sp³-hybridized carbons (Fsp3) is 0.629. The van der Waals surface area contributed by atoms with E-state index in [0.29, 0.717) is 50.9 Å². The zero-order valence-corrected chi connectivity index (χ0v) is 54.2. The SMILES string of the molecule is C/C1=C2N=C(/C=C3\N/C(=C(/C)C4=N[C@@](C)(C5N=C1[C@](C)(CCC(=O)NCC(C)OP(=O)(O)OC1C(O)[C@@H]([n+]6c[nH]c7cc(C)c(C)cc76)O[C@H]1CO)[C@H]5CC(N)=O)[C@@](C)(CC(N)=O)[C@@H]4CCC(N)=O)[C@@](C)(CC(N)=O)[C@@H]3CCC(N)=O)C(C)(C)[C@@H]/2CCC(N)=O. The van der Waals surface area contributed by atoms with Crippen LogP contribution in [-0.2, 0) is 51.9 Å². The Morgan fingerprint density at radius 2 is 1.40 bits per heavy atom. The number of aliphatic hydroxyl groups is 2. The first-order chi connectivity index (χ1) is 41.8. The van der Waals surface area contributed by atoms with Gasteiger partial charge >= 0.3 is 7.82 Å². The number of aromatic amines is 1. The maximum atomic E-state index is 14.4. The van der Waals surface area contributed by atoms with Crippen LogP contribution in [0, 0.1) is 59.2 Å². The Morgan fingerprint density at radius 3 is 1.99 bits per heavy atom. The predicted molar refractivity (Wildman–Crippen MR) is 332 cm³/mol. The molecule has 7 heterocycles. The molecule has 6 aliphatic heterocycles. The first-order valence-electron chi connectivity index (χ1n) is 30.6. The molecule has 1 aromatic heterocycles. The number of aliphatic imine (C=N–C) groups is 3. The third-order valence-electron chi connectivity index (χ3n) is 20.7. The summed E-state index contributed by atoms with van der Waals surface area (Å²) in [7, 11) is -5.06. The van der Waals surface area contributed by atoms with Crippen molar-refractivity contribution in [1.82, 2.24) is 15.6 Å². The molecule has 2 saturated heterocycles. The molecule has 8 bridgehead atoms. The minimum Gasteiger partial charge on any atom is -0.394 e. The number of nitrogens with zero attached hydrogens (tertiary/aromatic N) is 4. The highest BCUT2D eigenvalue weighted by molar-refractivity contribution is 7.47. The number of nitrogens with one attached hydrogen (secondary N) is 3. The topological polar surface area (TPSA) is 462 Å². The highest BCUT2D eigenvalue weighted by atomic mass is 31.2. The number of H-pyrrole nitrogens is 1. The first-order valence-corrected chi connectivity index (χ1v) is 32.1. The van der Waals surface area contributed by atoms with Crippen LogP contribution < -0.4 is 49.6 Å². The van der Waals surface area contributed by atoms with Crippen molar-refractivity contribution in [3.63, 3.8) is 0 Å². The molecule has 8 rings (SSSR count). The Labute approximate surface area is 523 Å². The van der Waals surface area contributed by atoms with Crippen LogP contribution >= 0.6 is 7.82 Å². The lowest BCUT2D eigenvalue weighted by molar-refractivity contribution is -0.743. The lowest BCUT2D eigenvalue weighted by atomic mass is 9.55. The molecule has 1 aromatic carbocycles. The second-order valence-electron chi connectivity index (χ2n) is 27.1. The summed E-state index contributed by atoms with van der Waals surface area (Å²) in [5, 5.41) is 28.2. The number of aromatic nitrogens is 2. The number of hydrogen-bond donors (Lipinski definition) is 12. The van der Waals surface area contributed by atoms with Gasteiger partial charge in [-0.3, -0.25) is 57.6 Å². The predicted octanol–water partition coefficient (Wildman–Crippen LogP) is 2.58. The zero-order chi connectivity index (χ0) is 66.7. The number of allylic oxidation sites excluding steroid dienone is 6. The van der Waals surface area contributed by atoms with Crippen LogP contribution in [0.4, 0.5) is 0 Å². The van der Waals surface area contributed by atoms with Crippen molar-refractivity contribution in [2.45, 2.75) is 189 Å². The van der Waals surface area contributed by atoms with Gasteiger partial charge in [-0.15, -0.1) is 0 Å². The third kappa shape index (κ3) is 13.0. The highest BCUT2D eigenvalue weighted by Crippen LogP contribution is 2.62. The summed E-state index contributed by atoms with van der Waals surface area (Å²) in [6.45, 7) is 19.3. The van der Waals surface area contributed by atoms with Gasteiger partial charge in [0.2, 0.25) is 53.9 Å². The van der Waals surface area contributed by atoms with Gasteiger partial charge < -0.3 is 64.9 Å². The van der Waals surface area contributed by atoms with Gasteiger partial charge in [0.05, 0.1) is 24.3 Å². The van der Waals surface area contributed by atoms with Crippen molar-refractivity contribution in [3.8, 4) is 0 Å². The third-order valence-corrected chi connectivity index (χ3v) is 21.8. The smallest absolute Gasteiger partial charge is 0.394 e. The van der Waals surface area contributed by atoms with Crippen molar-refractivity contribution >= 4 is 77.3 Å². The number of carbonyl (C=O) groups is 7. The van der Waals surface area contributed by atoms with Gasteiger partial charge in [-0.05, 0) is 108 Å². The van der Waals surface area contributed by atoms with Crippen molar-refractivity contribution in [1.29, 1.82) is 0 Å². The summed E-state index contributed by atoms with van der Waals surface area (Å²) in [4.78, 5) is 124. The number of carbonyl (C=O) groups excluding carboxylic acids is 7. The van der Waals surface area contributed by atoms with E-state index in [9.17, 15) is 53.2 Å². The van der Waals surface area contributed by atoms with Crippen LogP contribution in [0.3, 0.4) is 0 Å². The first kappa shape index (κ1) is 68.9. The summed E-state index contributed by atoms with van der Waals surface area (Å²) >= 11 is 0. The van der Waals surface area contributed by atoms with Crippen molar-refractivity contribution in [2.24, 2.45) is 94.7 Å². The van der Waals surface area contributed by atoms with Gasteiger partial charge in [-0.2, -0.15) is 4.57 Å². The lowest BCUT2D eigenvalue weighted by Crippen LogP contribution is -2.56. The fourth-order valence-corrected chi connectivity index (χ4v) is 16.7. The van der Waals surface area contributed by atoms with Crippen molar-refractivity contribution < 1.29 is 71.6 Å². The molecule has 492 valence electrons. The molecule has 0 radical (unpaired) electrons. The maximum absolute atomic E-state index is 14.4. The molecule has 15 atom stereocenters. The minimum atomic E-state index is -5.06. The number of nitrogens with two attached hydrogens (primary N) is 6. The number of imidazole rings is 1. The molecule has 2 fully saturated rings. The standard InChI is InChI=1S/C62H90N13O14P/c1-29-20-39-40(21-30(29)2)75(28-70-39)57-52(84)53(41(27-76)87-57)89-90(85,86)88-31(3)26-69-49(83)18-19-59(8)37(22-46(66)80)56-62(11)61(10,25-48(68)82)36(14-17-45(65)79)51(74-62)33(5)55-60(9,24-47(67)81)34(12-15-43(63)77)38(71-55)23-42-58(6,7)35(13-16-44(64)78)50(72-42)32(4)54(59)73-56/h20-21,23,28,31,34-37,41,52-53,56-57,76,84H,12-19,22,24-27H2,1-11H3,(H15,63,64,65,66,67,68,69,71,72,73,74,77,78,79,80,81,82,83,85,86)/p+1/t31?,34-,35-,36-,37+,41+,52?,53?,56?,57+,59-,60+,61+,62+/m1/s1. The molecule has 7 amide bonds. The second-order valence-corrected chi connectivity index (χ2v) is 28.5. The number of rotatable bonds is 26. The van der Waals surface area contributed by atoms with E-state index in [2.05, 4.69) is 15.6 Å². The van der Waals surface area contributed by atoms with Crippen molar-refractivity contribution in [2.75, 3.05) is 13.2 Å². The molecule has 2 aromatic rings. The van der Waals surface area contributed by atoms with Gasteiger partial charge in [-0.25, -0.2) is 9.55 Å². The Balaban J connectivity index is 1.19. The number of benzene rings is 1. The number of amides is 7. The Bertz CT molecular complexity index is 3540. The zero-order valence-electron chi connectivity index (χ0n) is 53.3. The Kier molecular flexibility index (Phi) is 19.6. The van der Waals surface area contributed by atoms with E-state index in [0.717, 1.165) is 16.6 Å². The summed E-state index contributed by atoms with van der Waals surface area (Å²) in [5.41, 5.74) is 37.6. The van der Waals surface area contributed by atoms with Gasteiger partial charge in [0, 0.05) is 131 Å². The van der Waals surface area contributed by atoms with E-state index in [1.807, 2.05) is 87.4 Å². The molecule has 27 nitrogen and oxygen atoms in total. The summed E-state index contributed by atoms with van der Waals surface area (Å²) in [6.07, 6.45) is -4.04. The number of ether oxygens (including phenoxy) is 1. The molecule has 90 heavy (non-hydrogen) atoms. The average molecular weight is 1270 g/mol. The normalized spacial score (nSPS) is 34.2. The van der Waals surface area contributed by atoms with Crippen LogP contribution in [0.15, 0.2) is 67.8 Å². The maximum Gasteiger partial charge on any atom is 0.472 e. The van der Waals surface area contributed by atoms with Gasteiger partial charge in [0.15, 0.2) is 11.0 Å². The monoisotopic (exact) mass is 1270 g/mol. The quantitative estimate of drug-likeness (QED) is 0.0476. The summed E-state index contributed by atoms with van der Waals surface area (Å²) in [6, 6.07) is 2.78. The van der Waals surface area contributed by atoms with Crippen LogP contribution in [0.1, 0.15) is 150 Å². The molecule has 6 aliphatic rings. The van der Waals surface area contributed by atoms with Crippen molar-refractivity contribution in [3.05, 3.63) is 63.9 Å². The molecular formula is C62H91N13O14P+. The molecule has 28 heteroatoms. The number of fused-ring (bicyclic) bond motifs is 7. The molecule has 0 aliphatic carbocycles. The molecule has 0 saturated carbocycles. The summed E-state index contributed by atoms with van der Waals surface area (Å²) in [5.74, 6) is -7.17. The Hall–Kier alpha value is -7.00. The number of phosphoric ester groups is 1. The molecule has 5 unspecified atom stereocenters. The average Bonchev–Trinajstić information content (AvgIpc) is 1.53. The second kappa shape index (κ2) is 25.6. The lowest BCUT2D eigenvalue weighted by Gasteiger charge is -2.48. The van der Waals surface area contributed by atoms with Crippen LogP contribution in [0.5, 0.6) is 0 Å². The number of hydrogen-bond acceptors (Lipinski definition) is 17. The number of aryl methyl sites for hydroxylation is 2. The number of aliphatic hydroxyl groups excluding tert-OH is 2. The molecule has 0 spiro atoms. The molecule has 18 N–H and O–H groups in total. The van der Waals surface area contributed by atoms with E-state index < -0.39 is 143 Å². The van der Waals surface area contributed by atoms with Gasteiger partial charge in [0.25, 0.3) is 0 Å². The van der Waals surface area contributed by atoms with Crippen LogP contribution in [0.2, 0.25) is 0 Å². The van der Waals surface area contributed by atoms with E-state index >= 15 is 0 Å². The van der Waals surface area contributed by atoms with Crippen LogP contribution in [0.25, 0.3) is 11.0 Å². The Morgan fingerprint density at radius 1 is 0.800 bits per heavy atom. The van der Waals surface area contributed by atoms with E-state index in [1.165, 1.54) is 6.92 Å². The highest BCUT2D eigenvalue weighted by Gasteiger charge is 2.66. The summed E-state index contributed by atoms with van der Waals surface area (Å²) < 4.78 is 32.4. The fourth-order valence-electron chi connectivity index (χ4n) is 15.5. The minimum absolute atomic E-state index is 0.00918.